The lowest BCUT2D eigenvalue weighted by molar-refractivity contribution is -0.158. The number of benzene rings is 3. The first-order valence-electron chi connectivity index (χ1n) is 22.8. The van der Waals surface area contributed by atoms with Gasteiger partial charge in [-0.3, -0.25) is 29.3 Å². The molecule has 8 atom stereocenters. The molecule has 340 valence electrons. The summed E-state index contributed by atoms with van der Waals surface area (Å²) < 4.78 is 44.0. The van der Waals surface area contributed by atoms with Gasteiger partial charge in [-0.25, -0.2) is 0 Å². The van der Waals surface area contributed by atoms with Crippen molar-refractivity contribution in [3.05, 3.63) is 107 Å². The molecule has 14 heteroatoms. The number of nitrogens with one attached hydrogen (secondary N) is 5. The Balaban J connectivity index is 1.11. The third-order valence-corrected chi connectivity index (χ3v) is 12.6. The largest absolute Gasteiger partial charge is 0.407 e. The molecule has 0 radical (unpaired) electrons. The van der Waals surface area contributed by atoms with E-state index in [0.29, 0.717) is 19.4 Å². The molecule has 2 saturated carbocycles. The molecule has 0 spiro atoms. The van der Waals surface area contributed by atoms with Crippen LogP contribution in [0.15, 0.2) is 84.9 Å². The summed E-state index contributed by atoms with van der Waals surface area (Å²) >= 11 is 0. The Hall–Kier alpha value is -5.24. The van der Waals surface area contributed by atoms with E-state index in [1.807, 2.05) is 67.6 Å². The van der Waals surface area contributed by atoms with Crippen LogP contribution in [0.3, 0.4) is 0 Å². The fraction of sp³-hybridized carbons (Fsp3) is 0.531. The second kappa shape index (κ2) is 22.4. The minimum atomic E-state index is -4.78. The predicted molar refractivity (Wildman–Crippen MR) is 235 cm³/mol. The van der Waals surface area contributed by atoms with E-state index in [-0.39, 0.29) is 66.4 Å². The lowest BCUT2D eigenvalue weighted by atomic mass is 9.94. The molecule has 3 fully saturated rings. The monoisotopic (exact) mass is 872 g/mol. The van der Waals surface area contributed by atoms with E-state index in [1.54, 1.807) is 0 Å². The van der Waals surface area contributed by atoms with Gasteiger partial charge in [-0.15, -0.1) is 0 Å². The van der Waals surface area contributed by atoms with Crippen LogP contribution in [-0.2, 0) is 19.2 Å². The van der Waals surface area contributed by atoms with Crippen molar-refractivity contribution in [3.8, 4) is 0 Å². The maximum absolute atomic E-state index is 14.7. The van der Waals surface area contributed by atoms with Gasteiger partial charge in [0.25, 0.3) is 5.91 Å². The number of alkyl halides is 3. The standard InChI is InChI=1S/C49H63F3N6O5/c1-3-5-7-15-21-43(59)55-42(47(62)53-26-16-8-6-4-2)29-54-44(49(50,51)52)34-22-24-35(25-23-34)48(63)58-30-38(45(60)56-40-27-36(40)32-17-11-9-12-18-32)39(31-58)46(61)57-41-28-37(41)33-19-13-10-14-20-33/h9-14,17-20,22-25,36-42,44,54H,3-8,15-16,21,26-31H2,1-2H3,(H,53,62)(H,55,59)(H,56,60)(H,57,61)/t36-,37-,38-,39-,40+,41+,42+,44+/m1/s1. The molecule has 3 aromatic carbocycles. The van der Waals surface area contributed by atoms with E-state index < -0.39 is 54.4 Å². The van der Waals surface area contributed by atoms with Gasteiger partial charge in [-0.1, -0.05) is 125 Å². The zero-order valence-corrected chi connectivity index (χ0v) is 36.4. The van der Waals surface area contributed by atoms with Crippen molar-refractivity contribution in [1.29, 1.82) is 0 Å². The Kier molecular flexibility index (Phi) is 16.8. The lowest BCUT2D eigenvalue weighted by Crippen LogP contribution is -2.53. The van der Waals surface area contributed by atoms with Gasteiger partial charge in [-0.05, 0) is 54.5 Å². The van der Waals surface area contributed by atoms with E-state index in [1.165, 1.54) is 29.2 Å². The molecule has 3 aliphatic rings. The van der Waals surface area contributed by atoms with Crippen LogP contribution in [0.4, 0.5) is 13.2 Å². The van der Waals surface area contributed by atoms with Crippen molar-refractivity contribution in [2.75, 3.05) is 26.2 Å². The molecule has 63 heavy (non-hydrogen) atoms. The molecular formula is C49H63F3N6O5. The highest BCUT2D eigenvalue weighted by atomic mass is 19.4. The summed E-state index contributed by atoms with van der Waals surface area (Å²) in [4.78, 5) is 69.1. The first-order valence-corrected chi connectivity index (χ1v) is 22.8. The molecule has 2 aliphatic carbocycles. The summed E-state index contributed by atoms with van der Waals surface area (Å²) in [5.74, 6) is -3.41. The lowest BCUT2D eigenvalue weighted by Gasteiger charge is -2.26. The molecular weight excluding hydrogens is 810 g/mol. The van der Waals surface area contributed by atoms with Gasteiger partial charge in [0.05, 0.1) is 11.8 Å². The maximum atomic E-state index is 14.7. The number of rotatable bonds is 23. The summed E-state index contributed by atoms with van der Waals surface area (Å²) in [5, 5.41) is 14.1. The fourth-order valence-corrected chi connectivity index (χ4v) is 8.66. The molecule has 0 bridgehead atoms. The number of carbonyl (C=O) groups excluding carboxylic acids is 5. The van der Waals surface area contributed by atoms with E-state index in [0.717, 1.165) is 62.5 Å². The molecule has 1 saturated heterocycles. The van der Waals surface area contributed by atoms with Gasteiger partial charge in [0.15, 0.2) is 0 Å². The number of unbranched alkanes of at least 4 members (excludes halogenated alkanes) is 6. The molecule has 5 amide bonds. The van der Waals surface area contributed by atoms with Gasteiger partial charge < -0.3 is 26.2 Å². The summed E-state index contributed by atoms with van der Waals surface area (Å²) in [5.41, 5.74) is 2.15. The van der Waals surface area contributed by atoms with Crippen LogP contribution in [0, 0.1) is 11.8 Å². The van der Waals surface area contributed by atoms with Gasteiger partial charge in [0, 0.05) is 62.1 Å². The molecule has 3 aromatic rings. The first-order chi connectivity index (χ1) is 30.4. The molecule has 5 N–H and O–H groups in total. The fourth-order valence-electron chi connectivity index (χ4n) is 8.66. The zero-order valence-electron chi connectivity index (χ0n) is 36.4. The summed E-state index contributed by atoms with van der Waals surface area (Å²) in [7, 11) is 0. The number of carbonyl (C=O) groups is 5. The number of hydrogen-bond donors (Lipinski definition) is 5. The quantitative estimate of drug-likeness (QED) is 0.0645. The van der Waals surface area contributed by atoms with Crippen LogP contribution < -0.4 is 26.6 Å². The molecule has 6 rings (SSSR count). The smallest absolute Gasteiger partial charge is 0.354 e. The van der Waals surface area contributed by atoms with E-state index in [4.69, 9.17) is 0 Å². The summed E-state index contributed by atoms with van der Waals surface area (Å²) in [6, 6.07) is 21.2. The molecule has 11 nitrogen and oxygen atoms in total. The number of halogens is 3. The Morgan fingerprint density at radius 2 is 1.21 bits per heavy atom. The highest BCUT2D eigenvalue weighted by Gasteiger charge is 2.49. The van der Waals surface area contributed by atoms with Crippen molar-refractivity contribution >= 4 is 29.5 Å². The Labute approximate surface area is 369 Å². The minimum absolute atomic E-state index is 0.0286. The highest BCUT2D eigenvalue weighted by molar-refractivity contribution is 5.97. The van der Waals surface area contributed by atoms with Crippen molar-refractivity contribution in [2.45, 2.75) is 127 Å². The predicted octanol–water partition coefficient (Wildman–Crippen LogP) is 7.06. The zero-order chi connectivity index (χ0) is 44.9. The van der Waals surface area contributed by atoms with Crippen LogP contribution >= 0.6 is 0 Å². The average molecular weight is 873 g/mol. The van der Waals surface area contributed by atoms with Crippen LogP contribution in [0.25, 0.3) is 0 Å². The normalized spacial score (nSPS) is 22.4. The molecule has 1 heterocycles. The second-order valence-electron chi connectivity index (χ2n) is 17.4. The van der Waals surface area contributed by atoms with Crippen LogP contribution in [0.5, 0.6) is 0 Å². The van der Waals surface area contributed by atoms with Crippen molar-refractivity contribution in [3.63, 3.8) is 0 Å². The Morgan fingerprint density at radius 3 is 1.71 bits per heavy atom. The topological polar surface area (TPSA) is 149 Å². The maximum Gasteiger partial charge on any atom is 0.407 e. The van der Waals surface area contributed by atoms with E-state index in [9.17, 15) is 37.1 Å². The second-order valence-corrected chi connectivity index (χ2v) is 17.4. The summed E-state index contributed by atoms with van der Waals surface area (Å²) in [6.45, 7) is 3.92. The van der Waals surface area contributed by atoms with Gasteiger partial charge in [-0.2, -0.15) is 13.2 Å². The highest BCUT2D eigenvalue weighted by Crippen LogP contribution is 2.43. The van der Waals surface area contributed by atoms with Crippen molar-refractivity contribution in [2.24, 2.45) is 11.8 Å². The number of nitrogens with zero attached hydrogens (tertiary/aromatic N) is 1. The Bertz CT molecular complexity index is 1910. The third-order valence-electron chi connectivity index (χ3n) is 12.6. The van der Waals surface area contributed by atoms with E-state index >= 15 is 0 Å². The van der Waals surface area contributed by atoms with Crippen LogP contribution in [0.1, 0.15) is 129 Å². The Morgan fingerprint density at radius 1 is 0.683 bits per heavy atom. The van der Waals surface area contributed by atoms with Gasteiger partial charge in [0.2, 0.25) is 23.6 Å². The van der Waals surface area contributed by atoms with Crippen molar-refractivity contribution < 1.29 is 37.1 Å². The van der Waals surface area contributed by atoms with Crippen molar-refractivity contribution in [1.82, 2.24) is 31.5 Å². The first kappa shape index (κ1) is 47.2. The molecule has 0 unspecified atom stereocenters. The number of likely N-dealkylation sites (tertiary alicyclic amines) is 1. The number of hydrogen-bond acceptors (Lipinski definition) is 6. The minimum Gasteiger partial charge on any atom is -0.354 e. The SMILES string of the molecule is CCCCCCNC(=O)[C@H](CN[C@@H](c1ccc(C(=O)N2C[C@@H](C(=O)N[C@H]3C[C@@H]3c3ccccc3)[C@H](C(=O)N[C@H]3C[C@@H]3c3ccccc3)C2)cc1)C(F)(F)F)NC(=O)CCCCCC. The van der Waals surface area contributed by atoms with Crippen LogP contribution in [-0.4, -0.2) is 84.9 Å². The molecule has 1 aliphatic heterocycles. The average Bonchev–Trinajstić information content (AvgIpc) is 4.19. The molecule has 0 aromatic heterocycles. The third kappa shape index (κ3) is 13.4. The summed E-state index contributed by atoms with van der Waals surface area (Å²) in [6.07, 6.45) is 3.90. The van der Waals surface area contributed by atoms with Crippen LogP contribution in [0.2, 0.25) is 0 Å². The van der Waals surface area contributed by atoms with Gasteiger partial charge >= 0.3 is 6.18 Å². The van der Waals surface area contributed by atoms with Gasteiger partial charge in [0.1, 0.15) is 12.1 Å². The van der Waals surface area contributed by atoms with E-state index in [2.05, 4.69) is 33.5 Å². The number of amides is 5.